The fourth-order valence-electron chi connectivity index (χ4n) is 4.70. The first-order valence-corrected chi connectivity index (χ1v) is 10.0. The summed E-state index contributed by atoms with van der Waals surface area (Å²) < 4.78 is 15.0. The van der Waals surface area contributed by atoms with Gasteiger partial charge in [-0.2, -0.15) is 0 Å². The number of nitrogens with zero attached hydrogens (tertiary/aromatic N) is 1. The number of aryl methyl sites for hydroxylation is 1. The Bertz CT molecular complexity index is 772. The van der Waals surface area contributed by atoms with Gasteiger partial charge in [-0.05, 0) is 68.1 Å². The van der Waals surface area contributed by atoms with Crippen molar-refractivity contribution in [3.05, 3.63) is 34.2 Å². The van der Waals surface area contributed by atoms with E-state index in [9.17, 15) is 4.39 Å². The van der Waals surface area contributed by atoms with E-state index in [0.717, 1.165) is 46.0 Å². The summed E-state index contributed by atoms with van der Waals surface area (Å²) in [6.45, 7) is 9.99. The molecule has 1 aromatic carbocycles. The molecule has 136 valence electrons. The van der Waals surface area contributed by atoms with Crippen molar-refractivity contribution in [1.29, 1.82) is 0 Å². The predicted octanol–water partition coefficient (Wildman–Crippen LogP) is 6.71. The van der Waals surface area contributed by atoms with E-state index >= 15 is 0 Å². The Kier molecular flexibility index (Phi) is 5.38. The van der Waals surface area contributed by atoms with Crippen LogP contribution in [0, 0.1) is 30.0 Å². The van der Waals surface area contributed by atoms with Crippen molar-refractivity contribution in [1.82, 2.24) is 4.98 Å². The quantitative estimate of drug-likeness (QED) is 0.609. The van der Waals surface area contributed by atoms with Crippen LogP contribution in [0.25, 0.3) is 10.9 Å². The van der Waals surface area contributed by atoms with Crippen molar-refractivity contribution in [2.24, 2.45) is 17.3 Å². The Morgan fingerprint density at radius 3 is 2.76 bits per heavy atom. The molecule has 0 saturated heterocycles. The smallest absolute Gasteiger partial charge is 0.150 e. The highest BCUT2D eigenvalue weighted by molar-refractivity contribution is 9.10. The van der Waals surface area contributed by atoms with Crippen LogP contribution >= 0.6 is 15.9 Å². The molecule has 1 aliphatic rings. The molecule has 25 heavy (non-hydrogen) atoms. The molecule has 1 aromatic heterocycles. The van der Waals surface area contributed by atoms with Crippen LogP contribution in [-0.2, 0) is 0 Å². The number of nitrogens with one attached hydrogen (secondary N) is 1. The molecule has 3 rings (SSSR count). The summed E-state index contributed by atoms with van der Waals surface area (Å²) in [5, 5.41) is 4.39. The summed E-state index contributed by atoms with van der Waals surface area (Å²) in [5.41, 5.74) is 2.71. The van der Waals surface area contributed by atoms with Crippen molar-refractivity contribution < 1.29 is 4.39 Å². The standard InChI is InChI=1S/C21H28BrFN2/c1-13-7-15(12-21(3,4)11-13)5-6-24-19-8-14(2)25-20-17(19)9-16(22)10-18(20)23/h8-10,13,15H,5-7,11-12H2,1-4H3,(H,24,25). The van der Waals surface area contributed by atoms with Crippen LogP contribution in [0.15, 0.2) is 22.7 Å². The van der Waals surface area contributed by atoms with Gasteiger partial charge in [0, 0.05) is 27.8 Å². The van der Waals surface area contributed by atoms with Gasteiger partial charge < -0.3 is 5.32 Å². The second-order valence-electron chi connectivity index (χ2n) is 8.59. The Labute approximate surface area is 158 Å². The third kappa shape index (κ3) is 4.52. The number of benzene rings is 1. The lowest BCUT2D eigenvalue weighted by atomic mass is 9.67. The number of aromatic nitrogens is 1. The van der Waals surface area contributed by atoms with Crippen LogP contribution in [0.2, 0.25) is 0 Å². The predicted molar refractivity (Wildman–Crippen MR) is 108 cm³/mol. The Morgan fingerprint density at radius 2 is 2.04 bits per heavy atom. The normalized spacial score (nSPS) is 23.0. The molecule has 1 N–H and O–H groups in total. The van der Waals surface area contributed by atoms with Gasteiger partial charge in [0.25, 0.3) is 0 Å². The van der Waals surface area contributed by atoms with E-state index in [2.05, 4.69) is 47.0 Å². The van der Waals surface area contributed by atoms with Gasteiger partial charge in [0.15, 0.2) is 5.82 Å². The summed E-state index contributed by atoms with van der Waals surface area (Å²) in [6, 6.07) is 5.44. The monoisotopic (exact) mass is 406 g/mol. The molecule has 1 aliphatic carbocycles. The van der Waals surface area contributed by atoms with E-state index in [0.29, 0.717) is 10.9 Å². The number of fused-ring (bicyclic) bond motifs is 1. The van der Waals surface area contributed by atoms with Gasteiger partial charge in [0.2, 0.25) is 0 Å². The largest absolute Gasteiger partial charge is 0.384 e. The number of halogens is 2. The number of anilines is 1. The third-order valence-corrected chi connectivity index (χ3v) is 5.76. The SMILES string of the molecule is Cc1cc(NCCC2CC(C)CC(C)(C)C2)c2cc(Br)cc(F)c2n1. The van der Waals surface area contributed by atoms with E-state index in [1.807, 2.05) is 19.1 Å². The fourth-order valence-corrected chi connectivity index (χ4v) is 5.13. The highest BCUT2D eigenvalue weighted by Gasteiger charge is 2.31. The molecular formula is C21H28BrFN2. The number of rotatable bonds is 4. The van der Waals surface area contributed by atoms with Gasteiger partial charge in [0.05, 0.1) is 0 Å². The van der Waals surface area contributed by atoms with Gasteiger partial charge >= 0.3 is 0 Å². The van der Waals surface area contributed by atoms with E-state index in [1.165, 1.54) is 25.3 Å². The van der Waals surface area contributed by atoms with Crippen molar-refractivity contribution in [2.75, 3.05) is 11.9 Å². The number of pyridine rings is 1. The molecule has 1 heterocycles. The van der Waals surface area contributed by atoms with E-state index in [4.69, 9.17) is 0 Å². The molecule has 2 atom stereocenters. The van der Waals surface area contributed by atoms with Crippen LogP contribution in [0.1, 0.15) is 52.1 Å². The topological polar surface area (TPSA) is 24.9 Å². The maximum Gasteiger partial charge on any atom is 0.150 e. The van der Waals surface area contributed by atoms with Crippen molar-refractivity contribution in [2.45, 2.75) is 53.4 Å². The third-order valence-electron chi connectivity index (χ3n) is 5.31. The fraction of sp³-hybridized carbons (Fsp3) is 0.571. The maximum atomic E-state index is 14.2. The maximum absolute atomic E-state index is 14.2. The zero-order valence-corrected chi connectivity index (χ0v) is 17.2. The summed E-state index contributed by atoms with van der Waals surface area (Å²) in [6.07, 6.45) is 5.11. The molecule has 1 saturated carbocycles. The molecule has 0 amide bonds. The molecule has 2 nitrogen and oxygen atoms in total. The number of hydrogen-bond donors (Lipinski definition) is 1. The van der Waals surface area contributed by atoms with Gasteiger partial charge in [-0.1, -0.05) is 36.7 Å². The Hall–Kier alpha value is -1.16. The van der Waals surface area contributed by atoms with Crippen molar-refractivity contribution in [3.63, 3.8) is 0 Å². The minimum Gasteiger partial charge on any atom is -0.384 e. The van der Waals surface area contributed by atoms with Gasteiger partial charge in [-0.15, -0.1) is 0 Å². The lowest BCUT2D eigenvalue weighted by molar-refractivity contribution is 0.129. The Morgan fingerprint density at radius 1 is 1.28 bits per heavy atom. The average molecular weight is 407 g/mol. The van der Waals surface area contributed by atoms with Crippen molar-refractivity contribution >= 4 is 32.5 Å². The lowest BCUT2D eigenvalue weighted by Crippen LogP contribution is -2.28. The van der Waals surface area contributed by atoms with Gasteiger partial charge in [0.1, 0.15) is 5.52 Å². The highest BCUT2D eigenvalue weighted by Crippen LogP contribution is 2.42. The summed E-state index contributed by atoms with van der Waals surface area (Å²) in [7, 11) is 0. The lowest BCUT2D eigenvalue weighted by Gasteiger charge is -2.39. The molecule has 4 heteroatoms. The zero-order chi connectivity index (χ0) is 18.2. The minimum absolute atomic E-state index is 0.279. The first-order chi connectivity index (χ1) is 11.7. The first-order valence-electron chi connectivity index (χ1n) is 9.24. The van der Waals surface area contributed by atoms with Crippen LogP contribution in [0.3, 0.4) is 0 Å². The van der Waals surface area contributed by atoms with E-state index in [1.54, 1.807) is 0 Å². The summed E-state index contributed by atoms with van der Waals surface area (Å²) in [5.74, 6) is 1.30. The van der Waals surface area contributed by atoms with Gasteiger partial charge in [-0.3, -0.25) is 0 Å². The molecular weight excluding hydrogens is 379 g/mol. The second-order valence-corrected chi connectivity index (χ2v) is 9.51. The minimum atomic E-state index is -0.279. The van der Waals surface area contributed by atoms with Crippen LogP contribution in [0.5, 0.6) is 0 Å². The summed E-state index contributed by atoms with van der Waals surface area (Å²) >= 11 is 3.39. The van der Waals surface area contributed by atoms with Crippen LogP contribution in [-0.4, -0.2) is 11.5 Å². The molecule has 0 bridgehead atoms. The number of hydrogen-bond acceptors (Lipinski definition) is 2. The van der Waals surface area contributed by atoms with E-state index < -0.39 is 0 Å². The van der Waals surface area contributed by atoms with E-state index in [-0.39, 0.29) is 5.82 Å². The average Bonchev–Trinajstić information content (AvgIpc) is 2.46. The molecule has 2 aromatic rings. The first kappa shape index (κ1) is 18.6. The van der Waals surface area contributed by atoms with Crippen LogP contribution < -0.4 is 5.32 Å². The van der Waals surface area contributed by atoms with Crippen molar-refractivity contribution in [3.8, 4) is 0 Å². The Balaban J connectivity index is 1.73. The highest BCUT2D eigenvalue weighted by atomic mass is 79.9. The van der Waals surface area contributed by atoms with Gasteiger partial charge in [-0.25, -0.2) is 9.37 Å². The molecule has 0 spiro atoms. The van der Waals surface area contributed by atoms with Crippen LogP contribution in [0.4, 0.5) is 10.1 Å². The molecule has 2 unspecified atom stereocenters. The molecule has 0 aliphatic heterocycles. The molecule has 0 radical (unpaired) electrons. The molecule has 1 fully saturated rings. The second kappa shape index (κ2) is 7.22. The summed E-state index contributed by atoms with van der Waals surface area (Å²) in [4.78, 5) is 4.37. The zero-order valence-electron chi connectivity index (χ0n) is 15.6.